The van der Waals surface area contributed by atoms with Crippen LogP contribution < -0.4 is 5.73 Å². The Morgan fingerprint density at radius 3 is 2.44 bits per heavy atom. The average molecular weight is 130 g/mol. The van der Waals surface area contributed by atoms with Crippen molar-refractivity contribution in [3.8, 4) is 0 Å². The summed E-state index contributed by atoms with van der Waals surface area (Å²) in [4.78, 5) is 2.28. The van der Waals surface area contributed by atoms with Crippen molar-refractivity contribution >= 4 is 0 Å². The minimum Gasteiger partial charge on any atom is -0.330 e. The fourth-order valence-corrected chi connectivity index (χ4v) is 0.736. The molecule has 0 saturated heterocycles. The molecule has 0 aliphatic carbocycles. The van der Waals surface area contributed by atoms with Crippen LogP contribution in [0.4, 0.5) is 0 Å². The van der Waals surface area contributed by atoms with Gasteiger partial charge in [0.1, 0.15) is 0 Å². The van der Waals surface area contributed by atoms with Crippen LogP contribution in [0.15, 0.2) is 0 Å². The zero-order chi connectivity index (χ0) is 7.28. The zero-order valence-corrected chi connectivity index (χ0v) is 6.72. The Kier molecular flexibility index (Phi) is 4.72. The van der Waals surface area contributed by atoms with Crippen molar-refractivity contribution < 1.29 is 0 Å². The van der Waals surface area contributed by atoms with Gasteiger partial charge in [-0.3, -0.25) is 0 Å². The van der Waals surface area contributed by atoms with E-state index in [1.807, 2.05) is 0 Å². The lowest BCUT2D eigenvalue weighted by Gasteiger charge is -2.17. The van der Waals surface area contributed by atoms with Crippen molar-refractivity contribution in [2.75, 3.05) is 26.7 Å². The second-order valence-corrected chi connectivity index (χ2v) is 2.70. The minimum atomic E-state index is 0.634. The first kappa shape index (κ1) is 8.92. The molecule has 56 valence electrons. The lowest BCUT2D eigenvalue weighted by atomic mass is 10.2. The van der Waals surface area contributed by atoms with Gasteiger partial charge in [-0.1, -0.05) is 13.8 Å². The molecule has 0 aromatic carbocycles. The Bertz CT molecular complexity index is 55.9. The molecular formula is C7H18N2. The summed E-state index contributed by atoms with van der Waals surface area (Å²) in [6.07, 6.45) is 0. The standard InChI is InChI=1S/C7H18N2/c1-4-9(3)6-7(2)5-8/h7H,4-6,8H2,1-3H3. The normalized spacial score (nSPS) is 14.3. The molecule has 0 amide bonds. The first-order valence-corrected chi connectivity index (χ1v) is 3.59. The van der Waals surface area contributed by atoms with Gasteiger partial charge in [0.25, 0.3) is 0 Å². The van der Waals surface area contributed by atoms with E-state index in [1.165, 1.54) is 0 Å². The highest BCUT2D eigenvalue weighted by Crippen LogP contribution is 1.93. The number of rotatable bonds is 4. The molecular weight excluding hydrogens is 112 g/mol. The van der Waals surface area contributed by atoms with Crippen LogP contribution in [0.5, 0.6) is 0 Å². The van der Waals surface area contributed by atoms with E-state index in [1.54, 1.807) is 0 Å². The predicted molar refractivity (Wildman–Crippen MR) is 41.4 cm³/mol. The molecule has 0 spiro atoms. The molecule has 2 N–H and O–H groups in total. The maximum Gasteiger partial charge on any atom is 0.00159 e. The van der Waals surface area contributed by atoms with Gasteiger partial charge in [0.05, 0.1) is 0 Å². The zero-order valence-electron chi connectivity index (χ0n) is 6.72. The summed E-state index contributed by atoms with van der Waals surface area (Å²) >= 11 is 0. The van der Waals surface area contributed by atoms with E-state index in [0.29, 0.717) is 5.92 Å². The quantitative estimate of drug-likeness (QED) is 0.601. The molecule has 2 nitrogen and oxygen atoms in total. The number of hydrogen-bond donors (Lipinski definition) is 1. The van der Waals surface area contributed by atoms with Gasteiger partial charge in [0.2, 0.25) is 0 Å². The SMILES string of the molecule is CCN(C)CC(C)CN. The molecule has 0 bridgehead atoms. The van der Waals surface area contributed by atoms with E-state index >= 15 is 0 Å². The number of nitrogens with two attached hydrogens (primary N) is 1. The third-order valence-electron chi connectivity index (χ3n) is 1.57. The highest BCUT2D eigenvalue weighted by Gasteiger charge is 2.00. The van der Waals surface area contributed by atoms with Crippen LogP contribution in [0.25, 0.3) is 0 Å². The van der Waals surface area contributed by atoms with Gasteiger partial charge in [-0.15, -0.1) is 0 Å². The van der Waals surface area contributed by atoms with Gasteiger partial charge >= 0.3 is 0 Å². The van der Waals surface area contributed by atoms with E-state index in [4.69, 9.17) is 5.73 Å². The molecule has 0 heterocycles. The van der Waals surface area contributed by atoms with Crippen LogP contribution >= 0.6 is 0 Å². The van der Waals surface area contributed by atoms with Crippen molar-refractivity contribution in [3.05, 3.63) is 0 Å². The van der Waals surface area contributed by atoms with E-state index in [2.05, 4.69) is 25.8 Å². The molecule has 0 radical (unpaired) electrons. The summed E-state index contributed by atoms with van der Waals surface area (Å²) in [5.41, 5.74) is 5.45. The van der Waals surface area contributed by atoms with Crippen molar-refractivity contribution in [1.82, 2.24) is 4.90 Å². The van der Waals surface area contributed by atoms with Crippen LogP contribution in [0.2, 0.25) is 0 Å². The molecule has 0 aromatic rings. The molecule has 0 aliphatic heterocycles. The minimum absolute atomic E-state index is 0.634. The van der Waals surface area contributed by atoms with E-state index in [-0.39, 0.29) is 0 Å². The Morgan fingerprint density at radius 1 is 1.56 bits per heavy atom. The lowest BCUT2D eigenvalue weighted by Crippen LogP contribution is -2.27. The molecule has 0 aliphatic rings. The molecule has 9 heavy (non-hydrogen) atoms. The number of nitrogens with zero attached hydrogens (tertiary/aromatic N) is 1. The van der Waals surface area contributed by atoms with Gasteiger partial charge in [-0.2, -0.15) is 0 Å². The van der Waals surface area contributed by atoms with Gasteiger partial charge in [-0.05, 0) is 26.1 Å². The van der Waals surface area contributed by atoms with Gasteiger partial charge in [0.15, 0.2) is 0 Å². The van der Waals surface area contributed by atoms with Crippen molar-refractivity contribution in [2.45, 2.75) is 13.8 Å². The smallest absolute Gasteiger partial charge is 0.00159 e. The van der Waals surface area contributed by atoms with Gasteiger partial charge < -0.3 is 10.6 Å². The third-order valence-corrected chi connectivity index (χ3v) is 1.57. The lowest BCUT2D eigenvalue weighted by molar-refractivity contribution is 0.303. The van der Waals surface area contributed by atoms with E-state index in [9.17, 15) is 0 Å². The highest BCUT2D eigenvalue weighted by molar-refractivity contribution is 4.56. The largest absolute Gasteiger partial charge is 0.330 e. The van der Waals surface area contributed by atoms with Gasteiger partial charge in [-0.25, -0.2) is 0 Å². The van der Waals surface area contributed by atoms with Crippen molar-refractivity contribution in [1.29, 1.82) is 0 Å². The molecule has 0 fully saturated rings. The molecule has 2 heteroatoms. The molecule has 0 rings (SSSR count). The average Bonchev–Trinajstić information content (AvgIpc) is 1.87. The first-order valence-electron chi connectivity index (χ1n) is 3.59. The summed E-state index contributed by atoms with van der Waals surface area (Å²) in [5.74, 6) is 0.634. The fourth-order valence-electron chi connectivity index (χ4n) is 0.736. The summed E-state index contributed by atoms with van der Waals surface area (Å²) in [6.45, 7) is 7.36. The maximum absolute atomic E-state index is 5.45. The van der Waals surface area contributed by atoms with Crippen LogP contribution in [-0.4, -0.2) is 31.6 Å². The van der Waals surface area contributed by atoms with Crippen molar-refractivity contribution in [3.63, 3.8) is 0 Å². The summed E-state index contributed by atoms with van der Waals surface area (Å²) in [7, 11) is 2.12. The Morgan fingerprint density at radius 2 is 2.11 bits per heavy atom. The molecule has 0 saturated carbocycles. The second kappa shape index (κ2) is 4.77. The van der Waals surface area contributed by atoms with Crippen molar-refractivity contribution in [2.24, 2.45) is 11.7 Å². The van der Waals surface area contributed by atoms with Crippen LogP contribution in [-0.2, 0) is 0 Å². The van der Waals surface area contributed by atoms with Gasteiger partial charge in [0, 0.05) is 6.54 Å². The fraction of sp³-hybridized carbons (Fsp3) is 1.00. The monoisotopic (exact) mass is 130 g/mol. The van der Waals surface area contributed by atoms with Crippen LogP contribution in [0.3, 0.4) is 0 Å². The van der Waals surface area contributed by atoms with Crippen LogP contribution in [0, 0.1) is 5.92 Å². The van der Waals surface area contributed by atoms with E-state index < -0.39 is 0 Å². The van der Waals surface area contributed by atoms with E-state index in [0.717, 1.165) is 19.6 Å². The topological polar surface area (TPSA) is 29.3 Å². The summed E-state index contributed by atoms with van der Waals surface area (Å²) in [5, 5.41) is 0. The predicted octanol–water partition coefficient (Wildman–Crippen LogP) is 0.533. The Hall–Kier alpha value is -0.0800. The third kappa shape index (κ3) is 4.43. The summed E-state index contributed by atoms with van der Waals surface area (Å²) < 4.78 is 0. The second-order valence-electron chi connectivity index (χ2n) is 2.70. The first-order chi connectivity index (χ1) is 4.20. The molecule has 1 unspecified atom stereocenters. The molecule has 0 aromatic heterocycles. The Labute approximate surface area is 58.0 Å². The summed E-state index contributed by atoms with van der Waals surface area (Å²) in [6, 6.07) is 0. The Balaban J connectivity index is 3.22. The van der Waals surface area contributed by atoms with Crippen LogP contribution in [0.1, 0.15) is 13.8 Å². The highest BCUT2D eigenvalue weighted by atomic mass is 15.1. The number of hydrogen-bond acceptors (Lipinski definition) is 2. The maximum atomic E-state index is 5.45. The molecule has 1 atom stereocenters.